The maximum atomic E-state index is 4.33. The van der Waals surface area contributed by atoms with Crippen LogP contribution in [0.15, 0.2) is 30.6 Å². The summed E-state index contributed by atoms with van der Waals surface area (Å²) in [6.07, 6.45) is 4.97. The number of nitrogens with zero attached hydrogens (tertiary/aromatic N) is 5. The normalized spacial score (nSPS) is 11.2. The van der Waals surface area contributed by atoms with Crippen molar-refractivity contribution in [3.05, 3.63) is 42.0 Å². The molecule has 0 amide bonds. The first kappa shape index (κ1) is 15.6. The highest BCUT2D eigenvalue weighted by Crippen LogP contribution is 1.99. The van der Waals surface area contributed by atoms with Gasteiger partial charge in [0, 0.05) is 32.0 Å². The third-order valence-electron chi connectivity index (χ3n) is 3.19. The fraction of sp³-hybridized carbons (Fsp3) is 0.533. The molecule has 0 fully saturated rings. The number of pyridine rings is 1. The average molecular weight is 288 g/mol. The highest BCUT2D eigenvalue weighted by molar-refractivity contribution is 5.03. The van der Waals surface area contributed by atoms with E-state index in [9.17, 15) is 0 Å². The van der Waals surface area contributed by atoms with E-state index in [0.29, 0.717) is 0 Å². The summed E-state index contributed by atoms with van der Waals surface area (Å²) >= 11 is 0. The maximum Gasteiger partial charge on any atom is 0.0964 e. The van der Waals surface area contributed by atoms with Crippen molar-refractivity contribution in [3.8, 4) is 0 Å². The molecule has 0 radical (unpaired) electrons. The lowest BCUT2D eigenvalue weighted by atomic mass is 10.3. The van der Waals surface area contributed by atoms with Crippen LogP contribution >= 0.6 is 0 Å². The molecule has 0 aliphatic rings. The third-order valence-corrected chi connectivity index (χ3v) is 3.19. The number of rotatable bonds is 9. The minimum atomic E-state index is 0.789. The summed E-state index contributed by atoms with van der Waals surface area (Å²) in [6, 6.07) is 6.00. The Morgan fingerprint density at radius 1 is 1.29 bits per heavy atom. The summed E-state index contributed by atoms with van der Waals surface area (Å²) in [5.41, 5.74) is 2.08. The first-order valence-corrected chi connectivity index (χ1v) is 7.46. The SMILES string of the molecule is CCCNCc1cn(CCN(C)Cc2ccccn2)nn1. The molecule has 2 aromatic heterocycles. The number of likely N-dealkylation sites (N-methyl/N-ethyl adjacent to an activating group) is 1. The predicted molar refractivity (Wildman–Crippen MR) is 82.6 cm³/mol. The van der Waals surface area contributed by atoms with Gasteiger partial charge in [-0.1, -0.05) is 18.2 Å². The molecule has 0 aliphatic heterocycles. The topological polar surface area (TPSA) is 58.9 Å². The van der Waals surface area contributed by atoms with Crippen molar-refractivity contribution in [2.75, 3.05) is 20.1 Å². The quantitative estimate of drug-likeness (QED) is 0.705. The van der Waals surface area contributed by atoms with Gasteiger partial charge >= 0.3 is 0 Å². The predicted octanol–water partition coefficient (Wildman–Crippen LogP) is 1.30. The fourth-order valence-electron chi connectivity index (χ4n) is 2.04. The molecular weight excluding hydrogens is 264 g/mol. The standard InChI is InChI=1S/C15H24N6/c1-3-7-16-11-15-13-21(19-18-15)10-9-20(2)12-14-6-4-5-8-17-14/h4-6,8,13,16H,3,7,9-12H2,1-2H3. The minimum absolute atomic E-state index is 0.789. The lowest BCUT2D eigenvalue weighted by Gasteiger charge is -2.15. The first-order valence-electron chi connectivity index (χ1n) is 7.46. The van der Waals surface area contributed by atoms with Gasteiger partial charge in [-0.05, 0) is 32.1 Å². The Hall–Kier alpha value is -1.79. The summed E-state index contributed by atoms with van der Waals surface area (Å²) in [6.45, 7) is 6.56. The summed E-state index contributed by atoms with van der Waals surface area (Å²) in [5.74, 6) is 0. The van der Waals surface area contributed by atoms with Crippen LogP contribution in [0.1, 0.15) is 24.7 Å². The van der Waals surface area contributed by atoms with E-state index in [2.05, 4.69) is 39.5 Å². The van der Waals surface area contributed by atoms with Crippen LogP contribution in [0, 0.1) is 0 Å². The second kappa shape index (κ2) is 8.49. The van der Waals surface area contributed by atoms with Crippen molar-refractivity contribution in [1.29, 1.82) is 0 Å². The van der Waals surface area contributed by atoms with E-state index in [-0.39, 0.29) is 0 Å². The van der Waals surface area contributed by atoms with Crippen LogP contribution in [0.5, 0.6) is 0 Å². The molecule has 2 aromatic rings. The molecule has 0 atom stereocenters. The molecule has 0 saturated carbocycles. The molecule has 0 spiro atoms. The molecule has 2 heterocycles. The molecule has 1 N–H and O–H groups in total. The van der Waals surface area contributed by atoms with E-state index in [0.717, 1.165) is 50.5 Å². The van der Waals surface area contributed by atoms with Gasteiger partial charge in [0.25, 0.3) is 0 Å². The Kier molecular flexibility index (Phi) is 6.30. The van der Waals surface area contributed by atoms with Gasteiger partial charge in [0.15, 0.2) is 0 Å². The lowest BCUT2D eigenvalue weighted by molar-refractivity contribution is 0.300. The molecule has 21 heavy (non-hydrogen) atoms. The lowest BCUT2D eigenvalue weighted by Crippen LogP contribution is -2.23. The molecule has 114 valence electrons. The molecule has 0 unspecified atom stereocenters. The minimum Gasteiger partial charge on any atom is -0.311 e. The average Bonchev–Trinajstić information content (AvgIpc) is 2.94. The van der Waals surface area contributed by atoms with Crippen LogP contribution in [0.25, 0.3) is 0 Å². The number of hydrogen-bond acceptors (Lipinski definition) is 5. The molecule has 2 rings (SSSR count). The zero-order chi connectivity index (χ0) is 14.9. The Morgan fingerprint density at radius 3 is 2.95 bits per heavy atom. The Labute approximate surface area is 126 Å². The van der Waals surface area contributed by atoms with E-state index in [4.69, 9.17) is 0 Å². The van der Waals surface area contributed by atoms with Crippen LogP contribution in [0.3, 0.4) is 0 Å². The van der Waals surface area contributed by atoms with Gasteiger partial charge in [0.2, 0.25) is 0 Å². The van der Waals surface area contributed by atoms with Gasteiger partial charge in [-0.15, -0.1) is 5.10 Å². The Bertz CT molecular complexity index is 510. The first-order chi connectivity index (χ1) is 10.3. The van der Waals surface area contributed by atoms with Crippen molar-refractivity contribution in [1.82, 2.24) is 30.2 Å². The summed E-state index contributed by atoms with van der Waals surface area (Å²) in [4.78, 5) is 6.57. The van der Waals surface area contributed by atoms with Crippen LogP contribution in [-0.2, 0) is 19.6 Å². The molecule has 0 bridgehead atoms. The molecule has 6 nitrogen and oxygen atoms in total. The van der Waals surface area contributed by atoms with E-state index in [1.54, 1.807) is 0 Å². The van der Waals surface area contributed by atoms with Crippen molar-refractivity contribution >= 4 is 0 Å². The molecule has 0 aliphatic carbocycles. The van der Waals surface area contributed by atoms with E-state index in [1.807, 2.05) is 35.3 Å². The van der Waals surface area contributed by atoms with Crippen LogP contribution in [0.2, 0.25) is 0 Å². The van der Waals surface area contributed by atoms with E-state index in [1.165, 1.54) is 0 Å². The Morgan fingerprint density at radius 2 is 2.19 bits per heavy atom. The van der Waals surface area contributed by atoms with Crippen molar-refractivity contribution in [3.63, 3.8) is 0 Å². The van der Waals surface area contributed by atoms with Gasteiger partial charge in [-0.3, -0.25) is 14.6 Å². The van der Waals surface area contributed by atoms with E-state index < -0.39 is 0 Å². The number of aromatic nitrogens is 4. The third kappa shape index (κ3) is 5.61. The van der Waals surface area contributed by atoms with Gasteiger partial charge in [0.05, 0.1) is 17.9 Å². The van der Waals surface area contributed by atoms with Crippen LogP contribution in [0.4, 0.5) is 0 Å². The van der Waals surface area contributed by atoms with Crippen molar-refractivity contribution in [2.24, 2.45) is 0 Å². The fourth-order valence-corrected chi connectivity index (χ4v) is 2.04. The highest BCUT2D eigenvalue weighted by atomic mass is 15.4. The monoisotopic (exact) mass is 288 g/mol. The number of nitrogens with one attached hydrogen (secondary N) is 1. The zero-order valence-electron chi connectivity index (χ0n) is 12.9. The van der Waals surface area contributed by atoms with Crippen LogP contribution in [-0.4, -0.2) is 45.0 Å². The van der Waals surface area contributed by atoms with Crippen molar-refractivity contribution < 1.29 is 0 Å². The van der Waals surface area contributed by atoms with Crippen molar-refractivity contribution in [2.45, 2.75) is 33.0 Å². The smallest absolute Gasteiger partial charge is 0.0964 e. The second-order valence-corrected chi connectivity index (χ2v) is 5.21. The number of hydrogen-bond donors (Lipinski definition) is 1. The summed E-state index contributed by atoms with van der Waals surface area (Å²) in [7, 11) is 2.09. The molecule has 0 saturated heterocycles. The molecule has 6 heteroatoms. The van der Waals surface area contributed by atoms with E-state index >= 15 is 0 Å². The largest absolute Gasteiger partial charge is 0.311 e. The highest BCUT2D eigenvalue weighted by Gasteiger charge is 2.04. The second-order valence-electron chi connectivity index (χ2n) is 5.21. The summed E-state index contributed by atoms with van der Waals surface area (Å²) < 4.78 is 1.90. The Balaban J connectivity index is 1.72. The van der Waals surface area contributed by atoms with Crippen LogP contribution < -0.4 is 5.32 Å². The maximum absolute atomic E-state index is 4.33. The molecular formula is C15H24N6. The van der Waals surface area contributed by atoms with Gasteiger partial charge in [0.1, 0.15) is 0 Å². The molecule has 0 aromatic carbocycles. The zero-order valence-corrected chi connectivity index (χ0v) is 12.9. The van der Waals surface area contributed by atoms with Gasteiger partial charge in [-0.25, -0.2) is 0 Å². The van der Waals surface area contributed by atoms with Gasteiger partial charge in [-0.2, -0.15) is 0 Å². The summed E-state index contributed by atoms with van der Waals surface area (Å²) in [5, 5.41) is 11.7. The van der Waals surface area contributed by atoms with Gasteiger partial charge < -0.3 is 5.32 Å².